The van der Waals surface area contributed by atoms with Crippen LogP contribution in [-0.2, 0) is 14.8 Å². The molecule has 0 spiro atoms. The van der Waals surface area contributed by atoms with Crippen LogP contribution in [0.4, 0.5) is 5.95 Å². The first-order valence-electron chi connectivity index (χ1n) is 11.5. The molecule has 4 aromatic rings. The Morgan fingerprint density at radius 3 is 2.18 bits per heavy atom. The fourth-order valence-corrected chi connectivity index (χ4v) is 5.19. The van der Waals surface area contributed by atoms with Crippen molar-refractivity contribution in [2.24, 2.45) is 0 Å². The van der Waals surface area contributed by atoms with Crippen molar-refractivity contribution in [2.45, 2.75) is 25.2 Å². The van der Waals surface area contributed by atoms with Gasteiger partial charge in [-0.1, -0.05) is 29.8 Å². The number of ether oxygens (including phenoxy) is 3. The number of benzene rings is 2. The van der Waals surface area contributed by atoms with Gasteiger partial charge in [-0.25, -0.2) is 18.4 Å². The molecule has 13 heteroatoms. The third-order valence-electron chi connectivity index (χ3n) is 5.83. The number of aromatic nitrogens is 5. The van der Waals surface area contributed by atoms with Crippen LogP contribution in [0, 0.1) is 6.92 Å². The zero-order valence-corrected chi connectivity index (χ0v) is 23.0. The van der Waals surface area contributed by atoms with Crippen molar-refractivity contribution in [1.29, 1.82) is 0 Å². The molecule has 0 saturated carbocycles. The van der Waals surface area contributed by atoms with Crippen LogP contribution in [0.1, 0.15) is 24.4 Å². The van der Waals surface area contributed by atoms with E-state index in [4.69, 9.17) is 25.8 Å². The van der Waals surface area contributed by atoms with Crippen molar-refractivity contribution >= 4 is 27.6 Å². The first-order valence-corrected chi connectivity index (χ1v) is 13.4. The van der Waals surface area contributed by atoms with Crippen LogP contribution in [0.2, 0.25) is 5.02 Å². The topological polar surface area (TPSA) is 130 Å². The minimum atomic E-state index is -4.12. The lowest BCUT2D eigenvalue weighted by atomic mass is 10.2. The second-order valence-corrected chi connectivity index (χ2v) is 10.8. The molecule has 0 aliphatic carbocycles. The van der Waals surface area contributed by atoms with Gasteiger partial charge in [-0.3, -0.25) is 9.29 Å². The second kappa shape index (κ2) is 11.3. The average molecular weight is 559 g/mol. The molecule has 0 aliphatic heterocycles. The maximum Gasteiger partial charge on any atom is 0.243 e. The summed E-state index contributed by atoms with van der Waals surface area (Å²) in [6.45, 7) is 3.34. The number of sulfonamides is 1. The zero-order chi connectivity index (χ0) is 27.4. The van der Waals surface area contributed by atoms with Gasteiger partial charge in [0.2, 0.25) is 16.0 Å². The lowest BCUT2D eigenvalue weighted by Gasteiger charge is -2.23. The Morgan fingerprint density at radius 1 is 0.974 bits per heavy atom. The molecule has 0 amide bonds. The lowest BCUT2D eigenvalue weighted by Crippen LogP contribution is -2.33. The smallest absolute Gasteiger partial charge is 0.243 e. The third-order valence-corrected chi connectivity index (χ3v) is 7.76. The molecule has 2 atom stereocenters. The number of rotatable bonds is 10. The summed E-state index contributed by atoms with van der Waals surface area (Å²) in [7, 11) is 0.283. The zero-order valence-electron chi connectivity index (χ0n) is 21.4. The predicted molar refractivity (Wildman–Crippen MR) is 143 cm³/mol. The molecule has 2 aromatic heterocycles. The normalized spacial score (nSPS) is 13.1. The SMILES string of the molecule is COc1cccc(OC)c1-n1c(NS(=O)(=O)[C@@H](C)[C@H](OC)c2ncc(C)cn2)nnc1-c1cccc(Cl)c1. The lowest BCUT2D eigenvalue weighted by molar-refractivity contribution is 0.0949. The minimum absolute atomic E-state index is 0.0886. The molecule has 0 unspecified atom stereocenters. The van der Waals surface area contributed by atoms with Crippen LogP contribution in [0.25, 0.3) is 17.1 Å². The maximum atomic E-state index is 13.6. The maximum absolute atomic E-state index is 13.6. The van der Waals surface area contributed by atoms with Crippen molar-refractivity contribution in [1.82, 2.24) is 24.7 Å². The molecule has 0 saturated heterocycles. The van der Waals surface area contributed by atoms with Crippen molar-refractivity contribution in [3.05, 3.63) is 71.3 Å². The van der Waals surface area contributed by atoms with Gasteiger partial charge >= 0.3 is 0 Å². The van der Waals surface area contributed by atoms with E-state index >= 15 is 0 Å². The van der Waals surface area contributed by atoms with Crippen LogP contribution < -0.4 is 14.2 Å². The van der Waals surface area contributed by atoms with Gasteiger partial charge < -0.3 is 14.2 Å². The Kier molecular flexibility index (Phi) is 8.14. The molecule has 1 N–H and O–H groups in total. The molecule has 0 radical (unpaired) electrons. The standard InChI is InChI=1S/C25H27ClN6O5S/c1-15-13-27-23(28-14-15)22(37-5)16(2)38(33,34)31-25-30-29-24(17-8-6-9-18(26)12-17)32(25)21-19(35-3)10-7-11-20(21)36-4/h6-14,16,22H,1-5H3,(H,30,31)/t16-,22-/m0/s1. The summed E-state index contributed by atoms with van der Waals surface area (Å²) >= 11 is 6.24. The monoisotopic (exact) mass is 558 g/mol. The molecule has 200 valence electrons. The highest BCUT2D eigenvalue weighted by Gasteiger charge is 2.35. The highest BCUT2D eigenvalue weighted by atomic mass is 35.5. The largest absolute Gasteiger partial charge is 0.494 e. The molecule has 0 aliphatic rings. The highest BCUT2D eigenvalue weighted by Crippen LogP contribution is 2.38. The number of methoxy groups -OCH3 is 3. The summed E-state index contributed by atoms with van der Waals surface area (Å²) in [5.74, 6) is 1.27. The van der Waals surface area contributed by atoms with Gasteiger partial charge in [-0.2, -0.15) is 0 Å². The fourth-order valence-electron chi connectivity index (χ4n) is 3.87. The summed E-state index contributed by atoms with van der Waals surface area (Å²) in [6.07, 6.45) is 2.25. The number of hydrogen-bond donors (Lipinski definition) is 1. The van der Waals surface area contributed by atoms with Gasteiger partial charge in [-0.05, 0) is 43.7 Å². The Hall–Kier alpha value is -3.74. The third kappa shape index (κ3) is 5.42. The average Bonchev–Trinajstić information content (AvgIpc) is 3.31. The van der Waals surface area contributed by atoms with E-state index < -0.39 is 21.4 Å². The predicted octanol–water partition coefficient (Wildman–Crippen LogP) is 4.22. The Labute approximate surface area is 225 Å². The molecule has 2 heterocycles. The van der Waals surface area contributed by atoms with Gasteiger partial charge in [0, 0.05) is 30.1 Å². The molecule has 38 heavy (non-hydrogen) atoms. The first kappa shape index (κ1) is 27.3. The Balaban J connectivity index is 1.84. The Morgan fingerprint density at radius 2 is 1.61 bits per heavy atom. The summed E-state index contributed by atoms with van der Waals surface area (Å²) < 4.78 is 48.0. The number of anilines is 1. The molecular formula is C25H27ClN6O5S. The van der Waals surface area contributed by atoms with Crippen molar-refractivity contribution in [2.75, 3.05) is 26.1 Å². The van der Waals surface area contributed by atoms with Crippen molar-refractivity contribution in [3.63, 3.8) is 0 Å². The van der Waals surface area contributed by atoms with E-state index in [9.17, 15) is 8.42 Å². The number of hydrogen-bond acceptors (Lipinski definition) is 9. The number of para-hydroxylation sites is 1. The summed E-state index contributed by atoms with van der Waals surface area (Å²) in [6, 6.07) is 12.1. The van der Waals surface area contributed by atoms with Crippen molar-refractivity contribution in [3.8, 4) is 28.6 Å². The van der Waals surface area contributed by atoms with E-state index in [0.29, 0.717) is 33.6 Å². The highest BCUT2D eigenvalue weighted by molar-refractivity contribution is 7.93. The van der Waals surface area contributed by atoms with Gasteiger partial charge in [0.25, 0.3) is 0 Å². The van der Waals surface area contributed by atoms with Gasteiger partial charge in [0.1, 0.15) is 28.5 Å². The Bertz CT molecular complexity index is 1510. The number of nitrogens with zero attached hydrogens (tertiary/aromatic N) is 5. The summed E-state index contributed by atoms with van der Waals surface area (Å²) in [4.78, 5) is 8.49. The molecule has 0 bridgehead atoms. The van der Waals surface area contributed by atoms with E-state index in [0.717, 1.165) is 5.56 Å². The van der Waals surface area contributed by atoms with Crippen LogP contribution in [0.5, 0.6) is 11.5 Å². The van der Waals surface area contributed by atoms with E-state index in [1.165, 1.54) is 32.8 Å². The number of halogens is 1. The number of aryl methyl sites for hydroxylation is 1. The van der Waals surface area contributed by atoms with Crippen LogP contribution in [-0.4, -0.2) is 59.7 Å². The van der Waals surface area contributed by atoms with Gasteiger partial charge in [0.15, 0.2) is 11.6 Å². The molecule has 11 nitrogen and oxygen atoms in total. The van der Waals surface area contributed by atoms with Gasteiger partial charge in [0.05, 0.1) is 14.2 Å². The molecule has 0 fully saturated rings. The van der Waals surface area contributed by atoms with E-state index in [2.05, 4.69) is 24.9 Å². The molecule has 4 rings (SSSR count). The van der Waals surface area contributed by atoms with Crippen LogP contribution in [0.15, 0.2) is 54.9 Å². The second-order valence-electron chi connectivity index (χ2n) is 8.33. The van der Waals surface area contributed by atoms with E-state index in [-0.39, 0.29) is 11.8 Å². The summed E-state index contributed by atoms with van der Waals surface area (Å²) in [5, 5.41) is 7.85. The van der Waals surface area contributed by atoms with E-state index in [1.807, 2.05) is 6.92 Å². The minimum Gasteiger partial charge on any atom is -0.494 e. The number of nitrogens with one attached hydrogen (secondary N) is 1. The quantitative estimate of drug-likeness (QED) is 0.304. The van der Waals surface area contributed by atoms with Crippen molar-refractivity contribution < 1.29 is 22.6 Å². The summed E-state index contributed by atoms with van der Waals surface area (Å²) in [5.41, 5.74) is 1.83. The van der Waals surface area contributed by atoms with Gasteiger partial charge in [-0.15, -0.1) is 10.2 Å². The first-order chi connectivity index (χ1) is 18.2. The van der Waals surface area contributed by atoms with E-state index in [1.54, 1.807) is 54.9 Å². The molecule has 2 aromatic carbocycles. The molecular weight excluding hydrogens is 532 g/mol. The van der Waals surface area contributed by atoms with Crippen LogP contribution >= 0.6 is 11.6 Å². The van der Waals surface area contributed by atoms with Crippen LogP contribution in [0.3, 0.4) is 0 Å². The fraction of sp³-hybridized carbons (Fsp3) is 0.280.